The van der Waals surface area contributed by atoms with Gasteiger partial charge in [-0.3, -0.25) is 4.89 Å². The number of rotatable bonds is 9. The van der Waals surface area contributed by atoms with Crippen LogP contribution in [-0.2, 0) is 16.2 Å². The third-order valence-electron chi connectivity index (χ3n) is 2.96. The summed E-state index contributed by atoms with van der Waals surface area (Å²) in [5.41, 5.74) is 1.72. The molecule has 0 atom stereocenters. The minimum absolute atomic E-state index is 0.430. The van der Waals surface area contributed by atoms with Crippen LogP contribution in [0.3, 0.4) is 0 Å². The summed E-state index contributed by atoms with van der Waals surface area (Å²) in [5.74, 6) is -0.430. The second kappa shape index (κ2) is 9.56. The highest BCUT2D eigenvalue weighted by molar-refractivity contribution is 5.88. The molecular weight excluding hydrogens is 240 g/mol. The number of aryl methyl sites for hydroxylation is 1. The van der Waals surface area contributed by atoms with Crippen molar-refractivity contribution in [1.82, 2.24) is 0 Å². The largest absolute Gasteiger partial charge is 0.373 e. The first kappa shape index (κ1) is 15.7. The molecule has 1 radical (unpaired) electrons. The SMILES string of the molecule is [CH2]CCCCCCOOC(=O)c1ccc(CC)cc1. The summed E-state index contributed by atoms with van der Waals surface area (Å²) >= 11 is 0. The molecule has 0 bridgehead atoms. The summed E-state index contributed by atoms with van der Waals surface area (Å²) in [4.78, 5) is 21.3. The van der Waals surface area contributed by atoms with Gasteiger partial charge in [-0.15, -0.1) is 0 Å². The Morgan fingerprint density at radius 2 is 1.79 bits per heavy atom. The maximum absolute atomic E-state index is 11.6. The molecule has 0 fully saturated rings. The van der Waals surface area contributed by atoms with Crippen LogP contribution in [0.4, 0.5) is 0 Å². The lowest BCUT2D eigenvalue weighted by Gasteiger charge is -2.04. The van der Waals surface area contributed by atoms with Crippen LogP contribution in [0.2, 0.25) is 0 Å². The van der Waals surface area contributed by atoms with E-state index in [9.17, 15) is 4.79 Å². The van der Waals surface area contributed by atoms with E-state index in [1.165, 1.54) is 5.56 Å². The van der Waals surface area contributed by atoms with E-state index in [1.54, 1.807) is 12.1 Å². The first-order chi connectivity index (χ1) is 9.27. The second-order valence-electron chi connectivity index (χ2n) is 4.51. The monoisotopic (exact) mass is 263 g/mol. The zero-order chi connectivity index (χ0) is 13.9. The summed E-state index contributed by atoms with van der Waals surface area (Å²) < 4.78 is 0. The summed E-state index contributed by atoms with van der Waals surface area (Å²) in [7, 11) is 0. The quantitative estimate of drug-likeness (QED) is 0.382. The van der Waals surface area contributed by atoms with Crippen molar-refractivity contribution >= 4 is 5.97 Å². The second-order valence-corrected chi connectivity index (χ2v) is 4.51. The number of unbranched alkanes of at least 4 members (excludes halogenated alkanes) is 4. The fourth-order valence-corrected chi connectivity index (χ4v) is 1.71. The zero-order valence-corrected chi connectivity index (χ0v) is 11.7. The fraction of sp³-hybridized carbons (Fsp3) is 0.500. The van der Waals surface area contributed by atoms with E-state index in [4.69, 9.17) is 9.78 Å². The van der Waals surface area contributed by atoms with Gasteiger partial charge in [0.2, 0.25) is 0 Å². The fourth-order valence-electron chi connectivity index (χ4n) is 1.71. The molecule has 3 heteroatoms. The molecular formula is C16H23O3. The third-order valence-corrected chi connectivity index (χ3v) is 2.96. The van der Waals surface area contributed by atoms with Crippen LogP contribution in [0.25, 0.3) is 0 Å². The Kier molecular flexibility index (Phi) is 7.91. The average molecular weight is 263 g/mol. The number of carbonyl (C=O) groups excluding carboxylic acids is 1. The minimum atomic E-state index is -0.430. The Bertz CT molecular complexity index is 357. The number of carbonyl (C=O) groups is 1. The van der Waals surface area contributed by atoms with Gasteiger partial charge in [0.1, 0.15) is 0 Å². The Morgan fingerprint density at radius 1 is 1.11 bits per heavy atom. The first-order valence-corrected chi connectivity index (χ1v) is 7.00. The molecule has 0 heterocycles. The van der Waals surface area contributed by atoms with Crippen molar-refractivity contribution in [3.05, 3.63) is 42.3 Å². The Balaban J connectivity index is 2.16. The van der Waals surface area contributed by atoms with Crippen molar-refractivity contribution in [1.29, 1.82) is 0 Å². The summed E-state index contributed by atoms with van der Waals surface area (Å²) in [6, 6.07) is 7.38. The van der Waals surface area contributed by atoms with Crippen LogP contribution in [0, 0.1) is 6.92 Å². The third kappa shape index (κ3) is 6.39. The molecule has 0 saturated carbocycles. The smallest absolute Gasteiger partial charge is 0.293 e. The standard InChI is InChI=1S/C16H23O3/c1-3-5-6-7-8-13-18-19-16(17)15-11-9-14(4-2)10-12-15/h9-12H,1,3-8,13H2,2H3. The van der Waals surface area contributed by atoms with Crippen LogP contribution in [0.15, 0.2) is 24.3 Å². The Morgan fingerprint density at radius 3 is 2.42 bits per heavy atom. The normalized spacial score (nSPS) is 10.4. The molecule has 0 spiro atoms. The summed E-state index contributed by atoms with van der Waals surface area (Å²) in [6.07, 6.45) is 6.21. The molecule has 1 aromatic carbocycles. The molecule has 0 N–H and O–H groups in total. The molecule has 0 aliphatic rings. The lowest BCUT2D eigenvalue weighted by Crippen LogP contribution is -2.07. The van der Waals surface area contributed by atoms with Crippen molar-refractivity contribution in [3.63, 3.8) is 0 Å². The lowest BCUT2D eigenvalue weighted by molar-refractivity contribution is -0.241. The number of hydrogen-bond acceptors (Lipinski definition) is 3. The molecule has 0 aromatic heterocycles. The van der Waals surface area contributed by atoms with Gasteiger partial charge >= 0.3 is 5.97 Å². The van der Waals surface area contributed by atoms with E-state index in [0.29, 0.717) is 12.2 Å². The van der Waals surface area contributed by atoms with Gasteiger partial charge in [-0.25, -0.2) is 4.79 Å². The average Bonchev–Trinajstić information content (AvgIpc) is 2.46. The molecule has 1 aromatic rings. The molecule has 3 nitrogen and oxygen atoms in total. The van der Waals surface area contributed by atoms with E-state index in [-0.39, 0.29) is 0 Å². The van der Waals surface area contributed by atoms with E-state index in [2.05, 4.69) is 13.8 Å². The van der Waals surface area contributed by atoms with Crippen molar-refractivity contribution in [3.8, 4) is 0 Å². The predicted molar refractivity (Wildman–Crippen MR) is 75.6 cm³/mol. The predicted octanol–water partition coefficient (Wildman–Crippen LogP) is 4.12. The van der Waals surface area contributed by atoms with Crippen LogP contribution < -0.4 is 0 Å². The number of hydrogen-bond donors (Lipinski definition) is 0. The Hall–Kier alpha value is -1.35. The molecule has 1 rings (SSSR count). The lowest BCUT2D eigenvalue weighted by atomic mass is 10.1. The highest BCUT2D eigenvalue weighted by Gasteiger charge is 2.07. The van der Waals surface area contributed by atoms with Crippen molar-refractivity contribution in [2.45, 2.75) is 45.4 Å². The summed E-state index contributed by atoms with van der Waals surface area (Å²) in [5, 5.41) is 0. The van der Waals surface area contributed by atoms with Gasteiger partial charge < -0.3 is 0 Å². The maximum Gasteiger partial charge on any atom is 0.373 e. The van der Waals surface area contributed by atoms with E-state index < -0.39 is 5.97 Å². The van der Waals surface area contributed by atoms with Gasteiger partial charge in [-0.1, -0.05) is 51.7 Å². The van der Waals surface area contributed by atoms with Crippen molar-refractivity contribution < 1.29 is 14.6 Å². The van der Waals surface area contributed by atoms with E-state index in [1.807, 2.05) is 12.1 Å². The van der Waals surface area contributed by atoms with Gasteiger partial charge in [-0.2, -0.15) is 4.89 Å². The number of benzene rings is 1. The first-order valence-electron chi connectivity index (χ1n) is 7.00. The molecule has 105 valence electrons. The molecule has 0 saturated heterocycles. The maximum atomic E-state index is 11.6. The van der Waals surface area contributed by atoms with Crippen LogP contribution in [-0.4, -0.2) is 12.6 Å². The minimum Gasteiger partial charge on any atom is -0.293 e. The molecule has 19 heavy (non-hydrogen) atoms. The van der Waals surface area contributed by atoms with Crippen molar-refractivity contribution in [2.75, 3.05) is 6.61 Å². The van der Waals surface area contributed by atoms with E-state index in [0.717, 1.165) is 38.5 Å². The van der Waals surface area contributed by atoms with Gasteiger partial charge in [0.05, 0.1) is 12.2 Å². The van der Waals surface area contributed by atoms with Crippen LogP contribution in [0.1, 0.15) is 54.9 Å². The molecule has 0 unspecified atom stereocenters. The zero-order valence-electron chi connectivity index (χ0n) is 11.7. The van der Waals surface area contributed by atoms with Crippen LogP contribution >= 0.6 is 0 Å². The Labute approximate surface area is 115 Å². The highest BCUT2D eigenvalue weighted by Crippen LogP contribution is 2.07. The van der Waals surface area contributed by atoms with Gasteiger partial charge in [0.25, 0.3) is 0 Å². The van der Waals surface area contributed by atoms with Crippen molar-refractivity contribution in [2.24, 2.45) is 0 Å². The van der Waals surface area contributed by atoms with Gasteiger partial charge in [-0.05, 0) is 30.5 Å². The topological polar surface area (TPSA) is 35.5 Å². The molecule has 0 aliphatic heterocycles. The van der Waals surface area contributed by atoms with Gasteiger partial charge in [0.15, 0.2) is 0 Å². The highest BCUT2D eigenvalue weighted by atomic mass is 17.2. The summed E-state index contributed by atoms with van der Waals surface area (Å²) in [6.45, 7) is 6.32. The van der Waals surface area contributed by atoms with Gasteiger partial charge in [0, 0.05) is 0 Å². The molecule has 0 amide bonds. The molecule has 0 aliphatic carbocycles. The van der Waals surface area contributed by atoms with Crippen LogP contribution in [0.5, 0.6) is 0 Å². The van der Waals surface area contributed by atoms with E-state index >= 15 is 0 Å².